The van der Waals surface area contributed by atoms with E-state index in [9.17, 15) is 4.79 Å². The standard InChI is InChI=1S/C24H21N3O2S2/c1-3-12-27-22(28)21(31-24(27)26-23-25-11-13-30-23)15-19-5-4-6-20(14-19)29-16-18-9-7-17(2)8-10-18/h3-11,13-15H,1,12,16H2,2H3/b21-15-,26-24+. The zero-order valence-corrected chi connectivity index (χ0v) is 18.7. The van der Waals surface area contributed by atoms with Gasteiger partial charge < -0.3 is 4.74 Å². The summed E-state index contributed by atoms with van der Waals surface area (Å²) in [5.74, 6) is 0.663. The number of hydrogen-bond donors (Lipinski definition) is 0. The Morgan fingerprint density at radius 2 is 2.06 bits per heavy atom. The summed E-state index contributed by atoms with van der Waals surface area (Å²) in [6.07, 6.45) is 5.26. The molecule has 0 radical (unpaired) electrons. The van der Waals surface area contributed by atoms with Crippen LogP contribution in [0.1, 0.15) is 16.7 Å². The van der Waals surface area contributed by atoms with Gasteiger partial charge in [0.2, 0.25) is 5.13 Å². The molecule has 4 rings (SSSR count). The fourth-order valence-electron chi connectivity index (χ4n) is 2.93. The molecule has 0 unspecified atom stereocenters. The van der Waals surface area contributed by atoms with E-state index >= 15 is 0 Å². The maximum atomic E-state index is 12.9. The van der Waals surface area contributed by atoms with Crippen molar-refractivity contribution in [2.24, 2.45) is 4.99 Å². The fraction of sp³-hybridized carbons (Fsp3) is 0.125. The first-order chi connectivity index (χ1) is 15.1. The smallest absolute Gasteiger partial charge is 0.267 e. The Bertz CT molecular complexity index is 1140. The summed E-state index contributed by atoms with van der Waals surface area (Å²) in [5.41, 5.74) is 3.23. The Morgan fingerprint density at radius 1 is 1.23 bits per heavy atom. The monoisotopic (exact) mass is 447 g/mol. The molecule has 0 bridgehead atoms. The van der Waals surface area contributed by atoms with Crippen LogP contribution in [-0.2, 0) is 11.4 Å². The second kappa shape index (κ2) is 9.76. The predicted molar refractivity (Wildman–Crippen MR) is 129 cm³/mol. The summed E-state index contributed by atoms with van der Waals surface area (Å²) in [6, 6.07) is 16.0. The molecule has 3 aromatic rings. The molecule has 0 spiro atoms. The van der Waals surface area contributed by atoms with E-state index in [0.29, 0.717) is 28.4 Å². The van der Waals surface area contributed by atoms with E-state index in [2.05, 4.69) is 47.7 Å². The van der Waals surface area contributed by atoms with Gasteiger partial charge in [-0.1, -0.05) is 48.0 Å². The number of carbonyl (C=O) groups excluding carboxylic acids is 1. The number of amides is 1. The first kappa shape index (κ1) is 21.1. The molecule has 5 nitrogen and oxygen atoms in total. The van der Waals surface area contributed by atoms with Crippen LogP contribution in [0.4, 0.5) is 5.13 Å². The third kappa shape index (κ3) is 5.31. The lowest BCUT2D eigenvalue weighted by molar-refractivity contribution is -0.121. The van der Waals surface area contributed by atoms with Crippen molar-refractivity contribution in [2.75, 3.05) is 6.54 Å². The number of thiazole rings is 1. The van der Waals surface area contributed by atoms with Crippen molar-refractivity contribution in [3.63, 3.8) is 0 Å². The second-order valence-corrected chi connectivity index (χ2v) is 8.75. The topological polar surface area (TPSA) is 54.8 Å². The van der Waals surface area contributed by atoms with Crippen LogP contribution in [0.3, 0.4) is 0 Å². The molecule has 7 heteroatoms. The Labute approximate surface area is 189 Å². The second-order valence-electron chi connectivity index (χ2n) is 6.87. The Hall–Kier alpha value is -3.16. The summed E-state index contributed by atoms with van der Waals surface area (Å²) in [6.45, 7) is 6.70. The van der Waals surface area contributed by atoms with E-state index in [0.717, 1.165) is 16.9 Å². The van der Waals surface area contributed by atoms with Crippen LogP contribution in [0.15, 0.2) is 82.7 Å². The number of ether oxygens (including phenoxy) is 1. The summed E-state index contributed by atoms with van der Waals surface area (Å²) < 4.78 is 5.94. The van der Waals surface area contributed by atoms with Crippen LogP contribution in [0.5, 0.6) is 5.75 Å². The number of rotatable bonds is 7. The van der Waals surface area contributed by atoms with Gasteiger partial charge in [-0.2, -0.15) is 4.99 Å². The minimum absolute atomic E-state index is 0.0915. The van der Waals surface area contributed by atoms with Gasteiger partial charge in [0.15, 0.2) is 5.17 Å². The molecule has 1 aliphatic heterocycles. The molecular formula is C24H21N3O2S2. The number of nitrogens with zero attached hydrogens (tertiary/aromatic N) is 3. The lowest BCUT2D eigenvalue weighted by atomic mass is 10.1. The average molecular weight is 448 g/mol. The molecule has 1 aliphatic rings. The van der Waals surface area contributed by atoms with Gasteiger partial charge in [0, 0.05) is 18.1 Å². The zero-order chi connectivity index (χ0) is 21.6. The molecule has 0 aliphatic carbocycles. The van der Waals surface area contributed by atoms with Crippen molar-refractivity contribution < 1.29 is 9.53 Å². The third-order valence-corrected chi connectivity index (χ3v) is 6.16. The first-order valence-corrected chi connectivity index (χ1v) is 11.4. The van der Waals surface area contributed by atoms with Gasteiger partial charge in [-0.3, -0.25) is 9.69 Å². The molecule has 0 N–H and O–H groups in total. The molecule has 2 aromatic carbocycles. The molecule has 1 amide bonds. The highest BCUT2D eigenvalue weighted by atomic mass is 32.2. The van der Waals surface area contributed by atoms with E-state index in [4.69, 9.17) is 4.74 Å². The minimum atomic E-state index is -0.0915. The normalized spacial score (nSPS) is 16.3. The van der Waals surface area contributed by atoms with E-state index in [-0.39, 0.29) is 5.91 Å². The van der Waals surface area contributed by atoms with Crippen molar-refractivity contribution in [2.45, 2.75) is 13.5 Å². The molecule has 0 saturated carbocycles. The molecule has 2 heterocycles. The van der Waals surface area contributed by atoms with Crippen molar-refractivity contribution in [1.82, 2.24) is 9.88 Å². The minimum Gasteiger partial charge on any atom is -0.489 e. The van der Waals surface area contributed by atoms with Crippen LogP contribution in [0, 0.1) is 6.92 Å². The van der Waals surface area contributed by atoms with Gasteiger partial charge in [0.1, 0.15) is 12.4 Å². The first-order valence-electron chi connectivity index (χ1n) is 9.71. The van der Waals surface area contributed by atoms with Crippen LogP contribution in [-0.4, -0.2) is 27.5 Å². The highest BCUT2D eigenvalue weighted by Gasteiger charge is 2.32. The number of aliphatic imine (C=N–C) groups is 1. The lowest BCUT2D eigenvalue weighted by Crippen LogP contribution is -2.29. The number of amidine groups is 1. The van der Waals surface area contributed by atoms with Gasteiger partial charge in [-0.05, 0) is 48.0 Å². The lowest BCUT2D eigenvalue weighted by Gasteiger charge is -2.11. The maximum Gasteiger partial charge on any atom is 0.267 e. The number of benzene rings is 2. The fourth-order valence-corrected chi connectivity index (χ4v) is 4.48. The van der Waals surface area contributed by atoms with Gasteiger partial charge >= 0.3 is 0 Å². The number of hydrogen-bond acceptors (Lipinski definition) is 6. The maximum absolute atomic E-state index is 12.9. The highest BCUT2D eigenvalue weighted by molar-refractivity contribution is 8.18. The zero-order valence-electron chi connectivity index (χ0n) is 17.0. The molecular weight excluding hydrogens is 426 g/mol. The van der Waals surface area contributed by atoms with Gasteiger partial charge in [0.25, 0.3) is 5.91 Å². The van der Waals surface area contributed by atoms with E-state index in [1.54, 1.807) is 17.2 Å². The summed E-state index contributed by atoms with van der Waals surface area (Å²) in [7, 11) is 0. The van der Waals surface area contributed by atoms with Crippen molar-refractivity contribution in [3.05, 3.63) is 94.4 Å². The van der Waals surface area contributed by atoms with Crippen molar-refractivity contribution >= 4 is 45.4 Å². The largest absolute Gasteiger partial charge is 0.489 e. The van der Waals surface area contributed by atoms with Gasteiger partial charge in [-0.25, -0.2) is 4.98 Å². The SMILES string of the molecule is C=CCN1C(=O)/C(=C/c2cccc(OCc3ccc(C)cc3)c2)S/C1=N/c1nccs1. The molecule has 31 heavy (non-hydrogen) atoms. The Balaban J connectivity index is 1.52. The summed E-state index contributed by atoms with van der Waals surface area (Å²) in [4.78, 5) is 23.9. The molecule has 1 saturated heterocycles. The number of aryl methyl sites for hydroxylation is 1. The van der Waals surface area contributed by atoms with Crippen molar-refractivity contribution in [1.29, 1.82) is 0 Å². The third-order valence-electron chi connectivity index (χ3n) is 4.49. The van der Waals surface area contributed by atoms with E-state index in [1.165, 1.54) is 28.7 Å². The van der Waals surface area contributed by atoms with Gasteiger partial charge in [-0.15, -0.1) is 17.9 Å². The van der Waals surface area contributed by atoms with Crippen LogP contribution >= 0.6 is 23.1 Å². The quantitative estimate of drug-likeness (QED) is 0.338. The van der Waals surface area contributed by atoms with Crippen LogP contribution < -0.4 is 4.74 Å². The average Bonchev–Trinajstić information content (AvgIpc) is 3.38. The number of carbonyl (C=O) groups is 1. The molecule has 156 valence electrons. The molecule has 1 aromatic heterocycles. The predicted octanol–water partition coefficient (Wildman–Crippen LogP) is 5.82. The van der Waals surface area contributed by atoms with E-state index in [1.807, 2.05) is 35.7 Å². The molecule has 0 atom stereocenters. The number of aromatic nitrogens is 1. The van der Waals surface area contributed by atoms with Crippen LogP contribution in [0.2, 0.25) is 0 Å². The Morgan fingerprint density at radius 3 is 2.81 bits per heavy atom. The van der Waals surface area contributed by atoms with E-state index < -0.39 is 0 Å². The number of thioether (sulfide) groups is 1. The van der Waals surface area contributed by atoms with Gasteiger partial charge in [0.05, 0.1) is 4.91 Å². The van der Waals surface area contributed by atoms with Crippen molar-refractivity contribution in [3.8, 4) is 5.75 Å². The molecule has 1 fully saturated rings. The highest BCUT2D eigenvalue weighted by Crippen LogP contribution is 2.34. The van der Waals surface area contributed by atoms with Crippen LogP contribution in [0.25, 0.3) is 6.08 Å². The Kier molecular flexibility index (Phi) is 6.64. The summed E-state index contributed by atoms with van der Waals surface area (Å²) in [5, 5.41) is 3.09. The summed E-state index contributed by atoms with van der Waals surface area (Å²) >= 11 is 2.77.